The summed E-state index contributed by atoms with van der Waals surface area (Å²) in [5, 5.41) is 12.0. The Hall–Kier alpha value is -3.47. The number of esters is 1. The summed E-state index contributed by atoms with van der Waals surface area (Å²) in [5.74, 6) is 0.151. The minimum Gasteiger partial charge on any atom is -0.423 e. The number of hydrogen-bond acceptors (Lipinski definition) is 4. The number of benzene rings is 4. The monoisotopic (exact) mass is 495 g/mol. The molecule has 4 heteroatoms. The van der Waals surface area contributed by atoms with Crippen LogP contribution in [0, 0.1) is 0 Å². The van der Waals surface area contributed by atoms with E-state index in [1.165, 1.54) is 0 Å². The lowest BCUT2D eigenvalue weighted by Crippen LogP contribution is -2.38. The Morgan fingerprint density at radius 3 is 2.16 bits per heavy atom. The van der Waals surface area contributed by atoms with Crippen molar-refractivity contribution in [3.8, 4) is 5.75 Å². The standard InChI is InChI=1S/C33H37NO3/c1-23(2)34(24(3)4)19-18-30(27-11-6-5-7-12-27)31-20-25(22-35)14-17-32(31)37-33(36)29-16-15-26-10-8-9-13-28(26)21-29/h5-17,20-21,23-24,30,35H,18-19,22H2,1-4H3. The number of hydrogen-bond donors (Lipinski definition) is 1. The number of ether oxygens (including phenoxy) is 1. The van der Waals surface area contributed by atoms with Crippen LogP contribution >= 0.6 is 0 Å². The van der Waals surface area contributed by atoms with Gasteiger partial charge in [0.1, 0.15) is 5.75 Å². The van der Waals surface area contributed by atoms with Crippen LogP contribution in [0.15, 0.2) is 91.0 Å². The number of carbonyl (C=O) groups excluding carboxylic acids is 1. The Morgan fingerprint density at radius 1 is 0.811 bits per heavy atom. The zero-order valence-electron chi connectivity index (χ0n) is 22.2. The first-order chi connectivity index (χ1) is 17.9. The van der Waals surface area contributed by atoms with Crippen molar-refractivity contribution in [2.24, 2.45) is 0 Å². The van der Waals surface area contributed by atoms with Gasteiger partial charge in [-0.1, -0.05) is 66.7 Å². The van der Waals surface area contributed by atoms with E-state index in [0.717, 1.165) is 40.4 Å². The van der Waals surface area contributed by atoms with Crippen LogP contribution in [-0.4, -0.2) is 34.6 Å². The largest absolute Gasteiger partial charge is 0.423 e. The van der Waals surface area contributed by atoms with Crippen molar-refractivity contribution in [1.82, 2.24) is 4.90 Å². The van der Waals surface area contributed by atoms with Crippen LogP contribution in [0.1, 0.15) is 67.1 Å². The molecule has 0 heterocycles. The lowest BCUT2D eigenvalue weighted by atomic mass is 9.86. The molecule has 4 rings (SSSR count). The molecule has 0 saturated heterocycles. The third-order valence-corrected chi connectivity index (χ3v) is 7.02. The van der Waals surface area contributed by atoms with E-state index in [1.807, 2.05) is 78.9 Å². The molecule has 0 aromatic heterocycles. The minimum absolute atomic E-state index is 0.00658. The number of carbonyl (C=O) groups is 1. The molecular formula is C33H37NO3. The molecular weight excluding hydrogens is 458 g/mol. The van der Waals surface area contributed by atoms with Gasteiger partial charge in [-0.2, -0.15) is 0 Å². The van der Waals surface area contributed by atoms with Crippen molar-refractivity contribution in [3.05, 3.63) is 113 Å². The zero-order chi connectivity index (χ0) is 26.4. The highest BCUT2D eigenvalue weighted by atomic mass is 16.5. The average Bonchev–Trinajstić information content (AvgIpc) is 2.91. The van der Waals surface area contributed by atoms with Crippen LogP contribution in [0.4, 0.5) is 0 Å². The van der Waals surface area contributed by atoms with Crippen LogP contribution in [0.25, 0.3) is 10.8 Å². The Labute approximate surface area is 220 Å². The molecule has 0 radical (unpaired) electrons. The van der Waals surface area contributed by atoms with E-state index in [4.69, 9.17) is 4.74 Å². The topological polar surface area (TPSA) is 49.8 Å². The number of aliphatic hydroxyl groups excluding tert-OH is 1. The molecule has 1 N–H and O–H groups in total. The minimum atomic E-state index is -0.387. The van der Waals surface area contributed by atoms with Crippen molar-refractivity contribution in [3.63, 3.8) is 0 Å². The maximum atomic E-state index is 13.3. The van der Waals surface area contributed by atoms with Gasteiger partial charge in [0.15, 0.2) is 0 Å². The smallest absolute Gasteiger partial charge is 0.343 e. The summed E-state index contributed by atoms with van der Waals surface area (Å²) in [6.07, 6.45) is 0.857. The zero-order valence-corrected chi connectivity index (χ0v) is 22.2. The molecule has 0 aliphatic rings. The number of nitrogens with zero attached hydrogens (tertiary/aromatic N) is 1. The molecule has 0 bridgehead atoms. The molecule has 192 valence electrons. The predicted octanol–water partition coefficient (Wildman–Crippen LogP) is 7.19. The van der Waals surface area contributed by atoms with Gasteiger partial charge in [0.25, 0.3) is 0 Å². The molecule has 0 aliphatic carbocycles. The number of aliphatic hydroxyl groups is 1. The Bertz CT molecular complexity index is 1320. The van der Waals surface area contributed by atoms with Crippen LogP contribution in [0.2, 0.25) is 0 Å². The van der Waals surface area contributed by atoms with E-state index in [9.17, 15) is 9.90 Å². The second kappa shape index (κ2) is 12.2. The second-order valence-electron chi connectivity index (χ2n) is 10.2. The normalized spacial score (nSPS) is 12.4. The van der Waals surface area contributed by atoms with E-state index in [-0.39, 0.29) is 18.5 Å². The Kier molecular flexibility index (Phi) is 8.75. The summed E-state index contributed by atoms with van der Waals surface area (Å²) in [6, 6.07) is 30.4. The number of rotatable bonds is 10. The van der Waals surface area contributed by atoms with Crippen LogP contribution in [0.5, 0.6) is 5.75 Å². The third-order valence-electron chi connectivity index (χ3n) is 7.02. The van der Waals surface area contributed by atoms with Gasteiger partial charge in [0, 0.05) is 23.6 Å². The van der Waals surface area contributed by atoms with Gasteiger partial charge in [0.2, 0.25) is 0 Å². The third kappa shape index (κ3) is 6.46. The van der Waals surface area contributed by atoms with E-state index in [0.29, 0.717) is 23.4 Å². The molecule has 1 atom stereocenters. The molecule has 4 nitrogen and oxygen atoms in total. The molecule has 0 fully saturated rings. The molecule has 0 aliphatic heterocycles. The van der Waals surface area contributed by atoms with Gasteiger partial charge in [-0.15, -0.1) is 0 Å². The van der Waals surface area contributed by atoms with Crippen LogP contribution in [0.3, 0.4) is 0 Å². The van der Waals surface area contributed by atoms with Gasteiger partial charge >= 0.3 is 5.97 Å². The highest BCUT2D eigenvalue weighted by molar-refractivity contribution is 5.96. The fourth-order valence-electron chi connectivity index (χ4n) is 5.11. The molecule has 0 spiro atoms. The van der Waals surface area contributed by atoms with Gasteiger partial charge in [-0.25, -0.2) is 4.79 Å². The van der Waals surface area contributed by atoms with Gasteiger partial charge in [-0.3, -0.25) is 4.90 Å². The van der Waals surface area contributed by atoms with Crippen molar-refractivity contribution in [2.75, 3.05) is 6.54 Å². The van der Waals surface area contributed by atoms with E-state index in [2.05, 4.69) is 44.7 Å². The van der Waals surface area contributed by atoms with E-state index in [1.54, 1.807) is 0 Å². The summed E-state index contributed by atoms with van der Waals surface area (Å²) in [4.78, 5) is 15.8. The highest BCUT2D eigenvalue weighted by Gasteiger charge is 2.24. The highest BCUT2D eigenvalue weighted by Crippen LogP contribution is 2.36. The Morgan fingerprint density at radius 2 is 1.49 bits per heavy atom. The second-order valence-corrected chi connectivity index (χ2v) is 10.2. The van der Waals surface area contributed by atoms with Gasteiger partial charge in [0.05, 0.1) is 12.2 Å². The lowest BCUT2D eigenvalue weighted by Gasteiger charge is -2.32. The van der Waals surface area contributed by atoms with Gasteiger partial charge in [-0.05, 0) is 86.8 Å². The van der Waals surface area contributed by atoms with E-state index >= 15 is 0 Å². The fraction of sp³-hybridized carbons (Fsp3) is 0.303. The summed E-state index contributed by atoms with van der Waals surface area (Å²) >= 11 is 0. The summed E-state index contributed by atoms with van der Waals surface area (Å²) in [5.41, 5.74) is 3.39. The summed E-state index contributed by atoms with van der Waals surface area (Å²) in [7, 11) is 0. The van der Waals surface area contributed by atoms with Crippen molar-refractivity contribution < 1.29 is 14.6 Å². The summed E-state index contributed by atoms with van der Waals surface area (Å²) < 4.78 is 6.05. The SMILES string of the molecule is CC(C)N(CCC(c1ccccc1)c1cc(CO)ccc1OC(=O)c1ccc2ccccc2c1)C(C)C. The van der Waals surface area contributed by atoms with Crippen molar-refractivity contribution in [1.29, 1.82) is 0 Å². The van der Waals surface area contributed by atoms with Crippen molar-refractivity contribution in [2.45, 2.75) is 58.7 Å². The Balaban J connectivity index is 1.70. The van der Waals surface area contributed by atoms with Crippen LogP contribution in [-0.2, 0) is 6.61 Å². The quantitative estimate of drug-likeness (QED) is 0.187. The first-order valence-electron chi connectivity index (χ1n) is 13.1. The van der Waals surface area contributed by atoms with Crippen molar-refractivity contribution >= 4 is 16.7 Å². The van der Waals surface area contributed by atoms with Gasteiger partial charge < -0.3 is 9.84 Å². The molecule has 4 aromatic carbocycles. The lowest BCUT2D eigenvalue weighted by molar-refractivity contribution is 0.0732. The first-order valence-corrected chi connectivity index (χ1v) is 13.1. The molecule has 4 aromatic rings. The maximum absolute atomic E-state index is 13.3. The predicted molar refractivity (Wildman–Crippen MR) is 151 cm³/mol. The fourth-order valence-corrected chi connectivity index (χ4v) is 5.11. The molecule has 0 amide bonds. The first kappa shape index (κ1) is 26.6. The average molecular weight is 496 g/mol. The molecule has 37 heavy (non-hydrogen) atoms. The number of fused-ring (bicyclic) bond motifs is 1. The van der Waals surface area contributed by atoms with E-state index < -0.39 is 0 Å². The molecule has 0 saturated carbocycles. The maximum Gasteiger partial charge on any atom is 0.343 e. The molecule has 1 unspecified atom stereocenters. The summed E-state index contributed by atoms with van der Waals surface area (Å²) in [6.45, 7) is 9.72. The van der Waals surface area contributed by atoms with Crippen LogP contribution < -0.4 is 4.74 Å².